The number of amidine groups is 1. The number of thioether (sulfide) groups is 1. The molecule has 0 bridgehead atoms. The third kappa shape index (κ3) is 3.30. The van der Waals surface area contributed by atoms with E-state index in [4.69, 9.17) is 0 Å². The maximum Gasteiger partial charge on any atom is 0.332 e. The van der Waals surface area contributed by atoms with E-state index in [2.05, 4.69) is 15.5 Å². The minimum absolute atomic E-state index is 0.135. The molecule has 1 aromatic carbocycles. The van der Waals surface area contributed by atoms with Crippen molar-refractivity contribution < 1.29 is 9.59 Å². The van der Waals surface area contributed by atoms with Crippen molar-refractivity contribution in [3.05, 3.63) is 57.5 Å². The van der Waals surface area contributed by atoms with Gasteiger partial charge in [0, 0.05) is 14.1 Å². The highest BCUT2D eigenvalue weighted by Crippen LogP contribution is 2.25. The summed E-state index contributed by atoms with van der Waals surface area (Å²) in [6.45, 7) is -0.231. The summed E-state index contributed by atoms with van der Waals surface area (Å²) in [4.78, 5) is 54.6. The summed E-state index contributed by atoms with van der Waals surface area (Å²) in [5, 5.41) is 4.43. The van der Waals surface area contributed by atoms with Crippen LogP contribution in [0.2, 0.25) is 0 Å². The van der Waals surface area contributed by atoms with Gasteiger partial charge in [0.1, 0.15) is 6.54 Å². The Bertz CT molecular complexity index is 1310. The molecule has 3 aromatic rings. The van der Waals surface area contributed by atoms with E-state index < -0.39 is 17.2 Å². The van der Waals surface area contributed by atoms with Gasteiger partial charge in [-0.3, -0.25) is 28.4 Å². The first-order valence-corrected chi connectivity index (χ1v) is 9.85. The standard InChI is InChI=1S/C18H17N7O4S/c1-22-15-14(16(28)23(2)18(22)29)24(10-19-15)8-12(26)20-21-17-25(13(27)9-30-17)11-6-4-3-5-7-11/h3-7,10H,8-9H2,1-2H3,(H,20,26)/b21-17+. The number of hydrogen-bond donors (Lipinski definition) is 1. The third-order valence-corrected chi connectivity index (χ3v) is 5.51. The second-order valence-corrected chi connectivity index (χ2v) is 7.48. The van der Waals surface area contributed by atoms with E-state index in [-0.39, 0.29) is 29.4 Å². The lowest BCUT2D eigenvalue weighted by Crippen LogP contribution is -2.38. The van der Waals surface area contributed by atoms with Gasteiger partial charge < -0.3 is 4.57 Å². The number of fused-ring (bicyclic) bond motifs is 1. The maximum atomic E-state index is 12.4. The molecule has 1 N–H and O–H groups in total. The highest BCUT2D eigenvalue weighted by molar-refractivity contribution is 8.15. The van der Waals surface area contributed by atoms with Crippen molar-refractivity contribution in [3.63, 3.8) is 0 Å². The summed E-state index contributed by atoms with van der Waals surface area (Å²) in [5.41, 5.74) is 2.35. The van der Waals surface area contributed by atoms with Crippen LogP contribution in [0, 0.1) is 0 Å². The number of amides is 2. The van der Waals surface area contributed by atoms with Crippen LogP contribution < -0.4 is 21.6 Å². The van der Waals surface area contributed by atoms with Crippen LogP contribution in [0.3, 0.4) is 0 Å². The van der Waals surface area contributed by atoms with Gasteiger partial charge in [0.25, 0.3) is 11.5 Å². The van der Waals surface area contributed by atoms with E-state index in [0.29, 0.717) is 10.9 Å². The van der Waals surface area contributed by atoms with Gasteiger partial charge >= 0.3 is 5.69 Å². The Morgan fingerprint density at radius 2 is 1.90 bits per heavy atom. The lowest BCUT2D eigenvalue weighted by Gasteiger charge is -2.15. The van der Waals surface area contributed by atoms with E-state index in [0.717, 1.165) is 4.57 Å². The number of imidazole rings is 1. The summed E-state index contributed by atoms with van der Waals surface area (Å²) >= 11 is 1.22. The van der Waals surface area contributed by atoms with E-state index >= 15 is 0 Å². The van der Waals surface area contributed by atoms with Gasteiger partial charge in [-0.1, -0.05) is 30.0 Å². The smallest absolute Gasteiger partial charge is 0.315 e. The zero-order valence-electron chi connectivity index (χ0n) is 16.1. The van der Waals surface area contributed by atoms with Crippen molar-refractivity contribution in [2.45, 2.75) is 6.54 Å². The first-order chi connectivity index (χ1) is 14.4. The zero-order chi connectivity index (χ0) is 21.4. The Balaban J connectivity index is 1.57. The van der Waals surface area contributed by atoms with E-state index in [1.165, 1.54) is 46.2 Å². The molecule has 1 saturated heterocycles. The van der Waals surface area contributed by atoms with Crippen LogP contribution in [0.25, 0.3) is 11.2 Å². The van der Waals surface area contributed by atoms with Gasteiger partial charge in [-0.25, -0.2) is 15.2 Å². The predicted molar refractivity (Wildman–Crippen MR) is 112 cm³/mol. The quantitative estimate of drug-likeness (QED) is 0.565. The average Bonchev–Trinajstić information content (AvgIpc) is 3.33. The summed E-state index contributed by atoms with van der Waals surface area (Å²) in [6.07, 6.45) is 1.32. The maximum absolute atomic E-state index is 12.4. The van der Waals surface area contributed by atoms with Crippen molar-refractivity contribution in [3.8, 4) is 0 Å². The highest BCUT2D eigenvalue weighted by atomic mass is 32.2. The third-order valence-electron chi connectivity index (χ3n) is 4.59. The van der Waals surface area contributed by atoms with E-state index in [9.17, 15) is 19.2 Å². The number of carbonyl (C=O) groups is 2. The minimum atomic E-state index is -0.545. The van der Waals surface area contributed by atoms with Crippen LogP contribution in [0.5, 0.6) is 0 Å². The summed E-state index contributed by atoms with van der Waals surface area (Å²) in [6, 6.07) is 9.00. The molecule has 30 heavy (non-hydrogen) atoms. The number of nitrogens with one attached hydrogen (secondary N) is 1. The van der Waals surface area contributed by atoms with Gasteiger partial charge in [-0.05, 0) is 12.1 Å². The Hall–Kier alpha value is -3.67. The van der Waals surface area contributed by atoms with Gasteiger partial charge in [0.05, 0.1) is 17.8 Å². The van der Waals surface area contributed by atoms with Crippen molar-refractivity contribution in [1.82, 2.24) is 24.1 Å². The largest absolute Gasteiger partial charge is 0.332 e. The number of aromatic nitrogens is 4. The Morgan fingerprint density at radius 3 is 2.63 bits per heavy atom. The molecule has 11 nitrogen and oxygen atoms in total. The molecule has 1 fully saturated rings. The molecule has 0 radical (unpaired) electrons. The average molecular weight is 427 g/mol. The number of anilines is 1. The van der Waals surface area contributed by atoms with Gasteiger partial charge in [-0.2, -0.15) is 0 Å². The van der Waals surface area contributed by atoms with E-state index in [1.54, 1.807) is 24.3 Å². The SMILES string of the molecule is Cn1c(=O)c2c(ncn2CC(=O)N/N=C2/SCC(=O)N2c2ccccc2)n(C)c1=O. The summed E-state index contributed by atoms with van der Waals surface area (Å²) in [7, 11) is 2.86. The van der Waals surface area contributed by atoms with Crippen LogP contribution >= 0.6 is 11.8 Å². The first kappa shape index (κ1) is 19.6. The lowest BCUT2D eigenvalue weighted by atomic mass is 10.3. The van der Waals surface area contributed by atoms with Gasteiger partial charge in [-0.15, -0.1) is 5.10 Å². The second-order valence-electron chi connectivity index (χ2n) is 6.53. The van der Waals surface area contributed by atoms with Crippen molar-refractivity contribution in [2.24, 2.45) is 19.2 Å². The number of hydrogen-bond acceptors (Lipinski definition) is 7. The molecule has 3 heterocycles. The fraction of sp³-hybridized carbons (Fsp3) is 0.222. The monoisotopic (exact) mass is 427 g/mol. The molecule has 0 aliphatic carbocycles. The van der Waals surface area contributed by atoms with Gasteiger partial charge in [0.2, 0.25) is 5.91 Å². The molecule has 1 aliphatic heterocycles. The van der Waals surface area contributed by atoms with Crippen LogP contribution in [0.1, 0.15) is 0 Å². The number of hydrazone groups is 1. The van der Waals surface area contributed by atoms with Crippen LogP contribution in [0.15, 0.2) is 51.3 Å². The van der Waals surface area contributed by atoms with Crippen molar-refractivity contribution >= 4 is 45.6 Å². The molecule has 0 atom stereocenters. The number of aryl methyl sites for hydroxylation is 1. The topological polar surface area (TPSA) is 124 Å². The molecule has 2 amide bonds. The molecule has 154 valence electrons. The normalized spacial score (nSPS) is 15.3. The Morgan fingerprint density at radius 1 is 1.17 bits per heavy atom. The molecular formula is C18H17N7O4S. The molecule has 0 saturated carbocycles. The molecule has 12 heteroatoms. The van der Waals surface area contributed by atoms with Crippen LogP contribution in [0.4, 0.5) is 5.69 Å². The number of carbonyl (C=O) groups excluding carboxylic acids is 2. The van der Waals surface area contributed by atoms with Gasteiger partial charge in [0.15, 0.2) is 16.3 Å². The number of nitrogens with zero attached hydrogens (tertiary/aromatic N) is 6. The van der Waals surface area contributed by atoms with Crippen LogP contribution in [-0.4, -0.2) is 41.4 Å². The summed E-state index contributed by atoms with van der Waals surface area (Å²) in [5.74, 6) is -0.422. The fourth-order valence-electron chi connectivity index (χ4n) is 3.09. The second kappa shape index (κ2) is 7.63. The highest BCUT2D eigenvalue weighted by Gasteiger charge is 2.30. The Labute approximate surface area is 173 Å². The number of benzene rings is 1. The molecule has 0 spiro atoms. The Kier molecular flexibility index (Phi) is 4.99. The molecule has 4 rings (SSSR count). The summed E-state index contributed by atoms with van der Waals surface area (Å²) < 4.78 is 3.55. The molecule has 2 aromatic heterocycles. The van der Waals surface area contributed by atoms with E-state index in [1.807, 2.05) is 6.07 Å². The molecular weight excluding hydrogens is 410 g/mol. The zero-order valence-corrected chi connectivity index (χ0v) is 16.9. The van der Waals surface area contributed by atoms with Crippen LogP contribution in [-0.2, 0) is 30.2 Å². The molecule has 0 unspecified atom stereocenters. The van der Waals surface area contributed by atoms with Crippen molar-refractivity contribution in [2.75, 3.05) is 10.7 Å². The predicted octanol–water partition coefficient (Wildman–Crippen LogP) is -0.399. The fourth-order valence-corrected chi connectivity index (χ4v) is 3.92. The lowest BCUT2D eigenvalue weighted by molar-refractivity contribution is -0.121. The van der Waals surface area contributed by atoms with Crippen molar-refractivity contribution in [1.29, 1.82) is 0 Å². The minimum Gasteiger partial charge on any atom is -0.315 e. The number of rotatable bonds is 4. The number of para-hydroxylation sites is 1. The molecule has 1 aliphatic rings. The first-order valence-electron chi connectivity index (χ1n) is 8.86.